The Morgan fingerprint density at radius 1 is 1.50 bits per heavy atom. The van der Waals surface area contributed by atoms with Crippen LogP contribution in [0.2, 0.25) is 0 Å². The van der Waals surface area contributed by atoms with E-state index < -0.39 is 0 Å². The predicted molar refractivity (Wildman–Crippen MR) is 62.6 cm³/mol. The van der Waals surface area contributed by atoms with Crippen LogP contribution in [0.25, 0.3) is 0 Å². The Kier molecular flexibility index (Phi) is 4.42. The summed E-state index contributed by atoms with van der Waals surface area (Å²) in [5, 5.41) is 0. The zero-order valence-electron chi connectivity index (χ0n) is 7.59. The number of ketones is 1. The van der Waals surface area contributed by atoms with Gasteiger partial charge in [-0.1, -0.05) is 22.0 Å². The number of carbonyl (C=O) groups excluding carboxylic acids is 1. The van der Waals surface area contributed by atoms with Gasteiger partial charge < -0.3 is 5.73 Å². The number of hydrogen-bond acceptors (Lipinski definition) is 2. The van der Waals surface area contributed by atoms with Gasteiger partial charge in [-0.25, -0.2) is 0 Å². The second kappa shape index (κ2) is 5.37. The molecular weight excluding hydrogens is 265 g/mol. The molecule has 0 aliphatic heterocycles. The maximum Gasteiger partial charge on any atom is 0.138 e. The lowest BCUT2D eigenvalue weighted by Crippen LogP contribution is -2.05. The number of anilines is 1. The maximum atomic E-state index is 11.3. The molecule has 0 spiro atoms. The van der Waals surface area contributed by atoms with E-state index in [0.29, 0.717) is 24.4 Å². The maximum absolute atomic E-state index is 11.3. The first-order chi connectivity index (χ1) is 6.63. The normalized spacial score (nSPS) is 10.1. The van der Waals surface area contributed by atoms with Crippen LogP contribution < -0.4 is 5.73 Å². The van der Waals surface area contributed by atoms with Gasteiger partial charge in [-0.3, -0.25) is 4.79 Å². The average molecular weight is 277 g/mol. The van der Waals surface area contributed by atoms with Gasteiger partial charge in [-0.2, -0.15) is 0 Å². The minimum atomic E-state index is 0.119. The lowest BCUT2D eigenvalue weighted by molar-refractivity contribution is -0.118. The zero-order chi connectivity index (χ0) is 10.6. The van der Waals surface area contributed by atoms with Crippen LogP contribution in [0.5, 0.6) is 0 Å². The monoisotopic (exact) mass is 275 g/mol. The number of Topliss-reactive ketones (excluding diaryl/α,β-unsaturated/α-hetero) is 1. The molecule has 14 heavy (non-hydrogen) atoms. The van der Waals surface area contributed by atoms with Crippen molar-refractivity contribution in [2.24, 2.45) is 0 Å². The third-order valence-corrected chi connectivity index (χ3v) is 2.55. The average Bonchev–Trinajstić information content (AvgIpc) is 2.10. The van der Waals surface area contributed by atoms with Gasteiger partial charge in [0.2, 0.25) is 0 Å². The molecule has 4 heteroatoms. The molecule has 0 aromatic heterocycles. The van der Waals surface area contributed by atoms with Gasteiger partial charge in [0, 0.05) is 28.9 Å². The highest BCUT2D eigenvalue weighted by Gasteiger charge is 2.06. The summed E-state index contributed by atoms with van der Waals surface area (Å²) in [5.41, 5.74) is 7.26. The molecular formula is C10H11BrClNO. The van der Waals surface area contributed by atoms with Crippen LogP contribution in [0.1, 0.15) is 12.0 Å². The molecule has 0 radical (unpaired) electrons. The van der Waals surface area contributed by atoms with Crippen LogP contribution in [0.4, 0.5) is 5.69 Å². The Balaban J connectivity index is 2.72. The van der Waals surface area contributed by atoms with Crippen molar-refractivity contribution >= 4 is 39.0 Å². The smallest absolute Gasteiger partial charge is 0.138 e. The van der Waals surface area contributed by atoms with Crippen LogP contribution in [0, 0.1) is 0 Å². The first-order valence-electron chi connectivity index (χ1n) is 4.25. The van der Waals surface area contributed by atoms with E-state index in [1.54, 1.807) is 6.07 Å². The van der Waals surface area contributed by atoms with Crippen molar-refractivity contribution in [3.63, 3.8) is 0 Å². The number of rotatable bonds is 4. The molecule has 76 valence electrons. The molecule has 0 unspecified atom stereocenters. The van der Waals surface area contributed by atoms with Crippen molar-refractivity contribution in [2.75, 3.05) is 11.6 Å². The molecule has 0 heterocycles. The van der Waals surface area contributed by atoms with Crippen molar-refractivity contribution in [3.05, 3.63) is 28.2 Å². The van der Waals surface area contributed by atoms with Crippen LogP contribution in [-0.2, 0) is 11.2 Å². The number of nitrogen functional groups attached to an aromatic ring is 1. The summed E-state index contributed by atoms with van der Waals surface area (Å²) < 4.78 is 0.920. The van der Waals surface area contributed by atoms with Crippen molar-refractivity contribution in [1.29, 1.82) is 0 Å². The fraction of sp³-hybridized carbons (Fsp3) is 0.300. The second-order valence-electron chi connectivity index (χ2n) is 3.00. The van der Waals surface area contributed by atoms with E-state index in [-0.39, 0.29) is 5.78 Å². The highest BCUT2D eigenvalue weighted by Crippen LogP contribution is 2.19. The van der Waals surface area contributed by atoms with Gasteiger partial charge in [-0.15, -0.1) is 11.6 Å². The standard InChI is InChI=1S/C10H11BrClNO/c11-8-2-1-7(10(13)6-8)5-9(14)3-4-12/h1-2,6H,3-5,13H2. The Hall–Kier alpha value is -0.540. The van der Waals surface area contributed by atoms with Crippen LogP contribution in [-0.4, -0.2) is 11.7 Å². The van der Waals surface area contributed by atoms with Gasteiger partial charge in [0.1, 0.15) is 5.78 Å². The van der Waals surface area contributed by atoms with Crippen molar-refractivity contribution in [1.82, 2.24) is 0 Å². The highest BCUT2D eigenvalue weighted by atomic mass is 79.9. The Bertz CT molecular complexity index is 341. The molecule has 2 N–H and O–H groups in total. The lowest BCUT2D eigenvalue weighted by atomic mass is 10.1. The molecule has 0 aliphatic carbocycles. The van der Waals surface area contributed by atoms with E-state index in [2.05, 4.69) is 15.9 Å². The predicted octanol–water partition coefficient (Wildman–Crippen LogP) is 2.77. The summed E-state index contributed by atoms with van der Waals surface area (Å²) in [6.45, 7) is 0. The van der Waals surface area contributed by atoms with Crippen molar-refractivity contribution < 1.29 is 4.79 Å². The summed E-state index contributed by atoms with van der Waals surface area (Å²) in [7, 11) is 0. The summed E-state index contributed by atoms with van der Waals surface area (Å²) in [4.78, 5) is 11.3. The molecule has 1 aromatic carbocycles. The van der Waals surface area contributed by atoms with Crippen LogP contribution in [0.3, 0.4) is 0 Å². The third kappa shape index (κ3) is 3.31. The Morgan fingerprint density at radius 2 is 2.21 bits per heavy atom. The van der Waals surface area contributed by atoms with E-state index in [4.69, 9.17) is 17.3 Å². The first kappa shape index (κ1) is 11.5. The topological polar surface area (TPSA) is 43.1 Å². The zero-order valence-corrected chi connectivity index (χ0v) is 9.94. The van der Waals surface area contributed by atoms with E-state index in [1.165, 1.54) is 0 Å². The minimum absolute atomic E-state index is 0.119. The molecule has 0 atom stereocenters. The van der Waals surface area contributed by atoms with Crippen LogP contribution in [0.15, 0.2) is 22.7 Å². The number of carbonyl (C=O) groups is 1. The molecule has 1 rings (SSSR count). The van der Waals surface area contributed by atoms with Gasteiger partial charge >= 0.3 is 0 Å². The summed E-state index contributed by atoms with van der Waals surface area (Å²) in [5.74, 6) is 0.490. The summed E-state index contributed by atoms with van der Waals surface area (Å²) in [6, 6.07) is 5.52. The lowest BCUT2D eigenvalue weighted by Gasteiger charge is -2.04. The minimum Gasteiger partial charge on any atom is -0.398 e. The van der Waals surface area contributed by atoms with E-state index in [0.717, 1.165) is 10.0 Å². The van der Waals surface area contributed by atoms with Gasteiger partial charge in [-0.05, 0) is 17.7 Å². The van der Waals surface area contributed by atoms with E-state index in [9.17, 15) is 4.79 Å². The number of halogens is 2. The van der Waals surface area contributed by atoms with Crippen molar-refractivity contribution in [2.45, 2.75) is 12.8 Å². The van der Waals surface area contributed by atoms with E-state index in [1.807, 2.05) is 12.1 Å². The highest BCUT2D eigenvalue weighted by molar-refractivity contribution is 9.10. The number of hydrogen-bond donors (Lipinski definition) is 1. The second-order valence-corrected chi connectivity index (χ2v) is 4.29. The van der Waals surface area contributed by atoms with Gasteiger partial charge in [0.05, 0.1) is 0 Å². The SMILES string of the molecule is Nc1cc(Br)ccc1CC(=O)CCCl. The first-order valence-corrected chi connectivity index (χ1v) is 5.58. The van der Waals surface area contributed by atoms with Gasteiger partial charge in [0.15, 0.2) is 0 Å². The summed E-state index contributed by atoms with van der Waals surface area (Å²) in [6.07, 6.45) is 0.767. The van der Waals surface area contributed by atoms with Gasteiger partial charge in [0.25, 0.3) is 0 Å². The quantitative estimate of drug-likeness (QED) is 0.679. The molecule has 0 amide bonds. The molecule has 0 fully saturated rings. The third-order valence-electron chi connectivity index (χ3n) is 1.87. The van der Waals surface area contributed by atoms with Crippen LogP contribution >= 0.6 is 27.5 Å². The van der Waals surface area contributed by atoms with E-state index >= 15 is 0 Å². The molecule has 0 saturated carbocycles. The fourth-order valence-corrected chi connectivity index (χ4v) is 1.72. The molecule has 0 saturated heterocycles. The summed E-state index contributed by atoms with van der Waals surface area (Å²) >= 11 is 8.78. The molecule has 2 nitrogen and oxygen atoms in total. The molecule has 1 aromatic rings. The Labute approximate surface area is 96.6 Å². The fourth-order valence-electron chi connectivity index (χ4n) is 1.13. The van der Waals surface area contributed by atoms with Crippen molar-refractivity contribution in [3.8, 4) is 0 Å². The Morgan fingerprint density at radius 3 is 2.79 bits per heavy atom. The molecule has 0 aliphatic rings. The number of nitrogens with two attached hydrogens (primary N) is 1. The largest absolute Gasteiger partial charge is 0.398 e. The molecule has 0 bridgehead atoms. The number of alkyl halides is 1. The number of benzene rings is 1.